The molecule has 4 rings (SSSR count). The van der Waals surface area contributed by atoms with Crippen LogP contribution in [0.15, 0.2) is 61.2 Å². The Hall–Kier alpha value is -4.25. The zero-order chi connectivity index (χ0) is 23.9. The average molecular weight is 458 g/mol. The molecule has 34 heavy (non-hydrogen) atoms. The molecule has 2 aromatic carbocycles. The molecule has 8 heteroatoms. The molecule has 1 N–H and O–H groups in total. The summed E-state index contributed by atoms with van der Waals surface area (Å²) in [6.07, 6.45) is 5.84. The maximum Gasteiger partial charge on any atom is 0.411 e. The molecule has 4 aromatic rings. The van der Waals surface area contributed by atoms with Crippen molar-refractivity contribution in [1.29, 1.82) is 5.26 Å². The first kappa shape index (κ1) is 22.9. The smallest absolute Gasteiger partial charge is 0.411 e. The second-order valence-corrected chi connectivity index (χ2v) is 7.69. The Balaban J connectivity index is 1.62. The summed E-state index contributed by atoms with van der Waals surface area (Å²) < 4.78 is 15.1. The van der Waals surface area contributed by atoms with E-state index in [-0.39, 0.29) is 0 Å². The number of hydrogen-bond donors (Lipinski definition) is 1. The zero-order valence-corrected chi connectivity index (χ0v) is 19.3. The fraction of sp³-hybridized carbons (Fsp3) is 0.269. The Kier molecular flexibility index (Phi) is 7.13. The fourth-order valence-corrected chi connectivity index (χ4v) is 4.05. The van der Waals surface area contributed by atoms with Crippen molar-refractivity contribution in [2.45, 2.75) is 33.4 Å². The van der Waals surface area contributed by atoms with Gasteiger partial charge in [0, 0.05) is 48.2 Å². The molecule has 0 fully saturated rings. The molecule has 0 unspecified atom stereocenters. The lowest BCUT2D eigenvalue weighted by Crippen LogP contribution is -2.13. The molecule has 0 saturated heterocycles. The molecule has 0 spiro atoms. The van der Waals surface area contributed by atoms with Gasteiger partial charge in [-0.1, -0.05) is 12.1 Å². The van der Waals surface area contributed by atoms with Crippen LogP contribution in [-0.2, 0) is 17.8 Å². The van der Waals surface area contributed by atoms with Crippen LogP contribution in [0, 0.1) is 11.3 Å². The number of nitriles is 1. The van der Waals surface area contributed by atoms with Gasteiger partial charge in [-0.05, 0) is 44.5 Å². The van der Waals surface area contributed by atoms with Gasteiger partial charge in [-0.15, -0.1) is 0 Å². The van der Waals surface area contributed by atoms with Gasteiger partial charge in [0.2, 0.25) is 0 Å². The summed E-state index contributed by atoms with van der Waals surface area (Å²) in [5.41, 5.74) is 3.79. The van der Waals surface area contributed by atoms with Crippen molar-refractivity contribution in [2.24, 2.45) is 0 Å². The van der Waals surface area contributed by atoms with E-state index < -0.39 is 6.09 Å². The Labute approximate surface area is 198 Å². The van der Waals surface area contributed by atoms with E-state index in [2.05, 4.69) is 20.9 Å². The van der Waals surface area contributed by atoms with Crippen molar-refractivity contribution in [3.8, 4) is 23.1 Å². The normalized spacial score (nSPS) is 10.7. The highest BCUT2D eigenvalue weighted by atomic mass is 16.5. The number of fused-ring (bicyclic) bond motifs is 1. The van der Waals surface area contributed by atoms with Crippen molar-refractivity contribution in [1.82, 2.24) is 14.1 Å². The van der Waals surface area contributed by atoms with E-state index in [4.69, 9.17) is 9.47 Å². The number of ether oxygens (including phenoxy) is 2. The summed E-state index contributed by atoms with van der Waals surface area (Å²) in [4.78, 5) is 15.9. The average Bonchev–Trinajstić information content (AvgIpc) is 3.47. The molecule has 8 nitrogen and oxygen atoms in total. The topological polar surface area (TPSA) is 94.1 Å². The van der Waals surface area contributed by atoms with Crippen molar-refractivity contribution in [3.63, 3.8) is 0 Å². The first-order valence-corrected chi connectivity index (χ1v) is 11.3. The minimum atomic E-state index is -0.508. The Morgan fingerprint density at radius 2 is 2.09 bits per heavy atom. The van der Waals surface area contributed by atoms with E-state index in [1.807, 2.05) is 54.1 Å². The van der Waals surface area contributed by atoms with Gasteiger partial charge in [-0.25, -0.2) is 9.78 Å². The van der Waals surface area contributed by atoms with Gasteiger partial charge in [0.1, 0.15) is 11.8 Å². The third-order valence-electron chi connectivity index (χ3n) is 5.51. The number of amides is 1. The third-order valence-corrected chi connectivity index (χ3v) is 5.51. The molecule has 0 atom stereocenters. The van der Waals surface area contributed by atoms with E-state index in [9.17, 15) is 10.1 Å². The maximum atomic E-state index is 11.9. The summed E-state index contributed by atoms with van der Waals surface area (Å²) in [7, 11) is 0. The van der Waals surface area contributed by atoms with E-state index >= 15 is 0 Å². The summed E-state index contributed by atoms with van der Waals surface area (Å²) in [6, 6.07) is 15.6. The molecule has 0 bridgehead atoms. The molecule has 0 saturated carbocycles. The number of nitrogens with one attached hydrogen (secondary N) is 1. The maximum absolute atomic E-state index is 11.9. The highest BCUT2D eigenvalue weighted by Gasteiger charge is 2.19. The van der Waals surface area contributed by atoms with Crippen LogP contribution >= 0.6 is 0 Å². The Morgan fingerprint density at radius 3 is 2.82 bits per heavy atom. The van der Waals surface area contributed by atoms with Crippen LogP contribution in [-0.4, -0.2) is 33.4 Å². The number of aromatic nitrogens is 3. The zero-order valence-electron chi connectivity index (χ0n) is 19.3. The predicted molar refractivity (Wildman–Crippen MR) is 131 cm³/mol. The lowest BCUT2D eigenvalue weighted by molar-refractivity contribution is 0.168. The largest absolute Gasteiger partial charge is 0.493 e. The van der Waals surface area contributed by atoms with Crippen LogP contribution in [0.1, 0.15) is 25.8 Å². The minimum Gasteiger partial charge on any atom is -0.493 e. The number of rotatable bonds is 9. The number of hydrogen-bond acceptors (Lipinski definition) is 5. The summed E-state index contributed by atoms with van der Waals surface area (Å²) in [5.74, 6) is 0.763. The first-order chi connectivity index (χ1) is 16.6. The highest BCUT2D eigenvalue weighted by molar-refractivity contribution is 5.96. The van der Waals surface area contributed by atoms with Crippen LogP contribution in [0.3, 0.4) is 0 Å². The second-order valence-electron chi connectivity index (χ2n) is 7.69. The van der Waals surface area contributed by atoms with Gasteiger partial charge >= 0.3 is 6.09 Å². The van der Waals surface area contributed by atoms with Gasteiger partial charge in [-0.3, -0.25) is 5.32 Å². The summed E-state index contributed by atoms with van der Waals surface area (Å²) >= 11 is 0. The Morgan fingerprint density at radius 1 is 1.21 bits per heavy atom. The molecule has 2 heterocycles. The lowest BCUT2D eigenvalue weighted by Gasteiger charge is -2.11. The van der Waals surface area contributed by atoms with Crippen LogP contribution in [0.25, 0.3) is 22.2 Å². The lowest BCUT2D eigenvalue weighted by atomic mass is 10.1. The van der Waals surface area contributed by atoms with E-state index in [0.29, 0.717) is 31.0 Å². The van der Waals surface area contributed by atoms with E-state index in [1.165, 1.54) is 0 Å². The predicted octanol–water partition coefficient (Wildman–Crippen LogP) is 5.43. The second kappa shape index (κ2) is 10.6. The molecule has 174 valence electrons. The summed E-state index contributed by atoms with van der Waals surface area (Å²) in [6.45, 7) is 6.19. The molecule has 0 aliphatic heterocycles. The van der Waals surface area contributed by atoms with E-state index in [0.717, 1.165) is 40.9 Å². The van der Waals surface area contributed by atoms with Crippen LogP contribution < -0.4 is 10.1 Å². The highest BCUT2D eigenvalue weighted by Crippen LogP contribution is 2.36. The van der Waals surface area contributed by atoms with Gasteiger partial charge in [0.15, 0.2) is 0 Å². The van der Waals surface area contributed by atoms with Crippen LogP contribution in [0.2, 0.25) is 0 Å². The van der Waals surface area contributed by atoms with Gasteiger partial charge in [0.05, 0.1) is 36.3 Å². The third kappa shape index (κ3) is 4.89. The fourth-order valence-electron chi connectivity index (χ4n) is 4.05. The number of carbonyl (C=O) groups is 1. The molecular weight excluding hydrogens is 430 g/mol. The van der Waals surface area contributed by atoms with Gasteiger partial charge in [0.25, 0.3) is 0 Å². The number of carbonyl (C=O) groups excluding carboxylic acids is 1. The van der Waals surface area contributed by atoms with Crippen LogP contribution in [0.4, 0.5) is 10.5 Å². The number of anilines is 1. The molecule has 1 amide bonds. The standard InChI is InChI=1S/C26H27N5O3/c1-3-31-24-16-21(34-14-6-12-30-13-11-28-18-30)9-10-22(24)23(17-27)25(31)19-7-5-8-20(15-19)29-26(32)33-4-2/h5,7-11,13,15-16,18H,3-4,6,12,14H2,1-2H3,(H,29,32). The number of aryl methyl sites for hydroxylation is 2. The van der Waals surface area contributed by atoms with Crippen LogP contribution in [0.5, 0.6) is 5.75 Å². The molecular formula is C26H27N5O3. The van der Waals surface area contributed by atoms with Gasteiger partial charge in [-0.2, -0.15) is 5.26 Å². The van der Waals surface area contributed by atoms with E-state index in [1.54, 1.807) is 25.5 Å². The van der Waals surface area contributed by atoms with Crippen molar-refractivity contribution >= 4 is 22.7 Å². The Bertz CT molecular complexity index is 1320. The molecule has 0 radical (unpaired) electrons. The summed E-state index contributed by atoms with van der Waals surface area (Å²) in [5, 5.41) is 13.6. The number of nitrogens with zero attached hydrogens (tertiary/aromatic N) is 4. The molecule has 2 aromatic heterocycles. The monoisotopic (exact) mass is 457 g/mol. The molecule has 0 aliphatic carbocycles. The van der Waals surface area contributed by atoms with Crippen molar-refractivity contribution in [2.75, 3.05) is 18.5 Å². The number of imidazole rings is 1. The van der Waals surface area contributed by atoms with Gasteiger partial charge < -0.3 is 18.6 Å². The first-order valence-electron chi connectivity index (χ1n) is 11.3. The minimum absolute atomic E-state index is 0.294. The SMILES string of the molecule is CCOC(=O)Nc1cccc(-c2c(C#N)c3ccc(OCCCn4ccnc4)cc3n2CC)c1. The van der Waals surface area contributed by atoms with Crippen molar-refractivity contribution in [3.05, 3.63) is 66.7 Å². The molecule has 0 aliphatic rings. The quantitative estimate of drug-likeness (QED) is 0.338. The van der Waals surface area contributed by atoms with Crippen molar-refractivity contribution < 1.29 is 14.3 Å². The number of benzene rings is 2.